The van der Waals surface area contributed by atoms with E-state index in [1.807, 2.05) is 73.0 Å². The monoisotopic (exact) mass is 577 g/mol. The molecule has 0 atom stereocenters. The van der Waals surface area contributed by atoms with Crippen molar-refractivity contribution in [3.8, 4) is 11.4 Å². The van der Waals surface area contributed by atoms with Crippen LogP contribution < -0.4 is 5.32 Å². The van der Waals surface area contributed by atoms with Gasteiger partial charge in [-0.1, -0.05) is 72.4 Å². The van der Waals surface area contributed by atoms with Crippen molar-refractivity contribution in [2.75, 3.05) is 37.4 Å². The normalized spacial score (nSPS) is 14.2. The van der Waals surface area contributed by atoms with Crippen LogP contribution in [0.2, 0.25) is 0 Å². The number of rotatable bonds is 9. The molecule has 1 N–H and O–H groups in total. The minimum absolute atomic E-state index is 0.142. The minimum atomic E-state index is -3.68. The van der Waals surface area contributed by atoms with Gasteiger partial charge in [-0.3, -0.25) is 9.36 Å². The van der Waals surface area contributed by atoms with Gasteiger partial charge < -0.3 is 10.1 Å². The highest BCUT2D eigenvalue weighted by Crippen LogP contribution is 2.28. The van der Waals surface area contributed by atoms with E-state index in [9.17, 15) is 13.2 Å². The predicted molar refractivity (Wildman–Crippen MR) is 156 cm³/mol. The van der Waals surface area contributed by atoms with Crippen molar-refractivity contribution in [2.24, 2.45) is 0 Å². The Bertz CT molecular complexity index is 1580. The van der Waals surface area contributed by atoms with Crippen LogP contribution in [0.15, 0.2) is 82.8 Å². The van der Waals surface area contributed by atoms with Crippen molar-refractivity contribution >= 4 is 33.4 Å². The SMILES string of the molecule is Cc1cccc(C)c1NC(=O)CSc1nnc(-c2cccc(S(=O)(=O)N3CCOCC3)c2)n1Cc1ccccc1. The smallest absolute Gasteiger partial charge is 0.243 e. The van der Waals surface area contributed by atoms with Gasteiger partial charge in [-0.25, -0.2) is 8.42 Å². The van der Waals surface area contributed by atoms with E-state index in [-0.39, 0.29) is 16.6 Å². The first kappa shape index (κ1) is 28.0. The third-order valence-electron chi connectivity index (χ3n) is 6.68. The molecule has 208 valence electrons. The van der Waals surface area contributed by atoms with Crippen LogP contribution >= 0.6 is 11.8 Å². The lowest BCUT2D eigenvalue weighted by Crippen LogP contribution is -2.40. The van der Waals surface area contributed by atoms with Crippen LogP contribution in [0.1, 0.15) is 16.7 Å². The number of nitrogens with zero attached hydrogens (tertiary/aromatic N) is 4. The summed E-state index contributed by atoms with van der Waals surface area (Å²) >= 11 is 1.29. The van der Waals surface area contributed by atoms with Gasteiger partial charge >= 0.3 is 0 Å². The first-order valence-corrected chi connectivity index (χ1v) is 15.4. The van der Waals surface area contributed by atoms with Gasteiger partial charge in [0.2, 0.25) is 15.9 Å². The summed E-state index contributed by atoms with van der Waals surface area (Å²) in [5, 5.41) is 12.4. The zero-order valence-electron chi connectivity index (χ0n) is 22.4. The Morgan fingerprint density at radius 1 is 0.950 bits per heavy atom. The highest BCUT2D eigenvalue weighted by Gasteiger charge is 2.27. The molecule has 11 heteroatoms. The molecule has 9 nitrogen and oxygen atoms in total. The van der Waals surface area contributed by atoms with Gasteiger partial charge in [-0.05, 0) is 42.7 Å². The van der Waals surface area contributed by atoms with Crippen molar-refractivity contribution in [1.29, 1.82) is 0 Å². The Morgan fingerprint density at radius 3 is 2.38 bits per heavy atom. The van der Waals surface area contributed by atoms with E-state index in [2.05, 4.69) is 15.5 Å². The third-order valence-corrected chi connectivity index (χ3v) is 9.54. The topological polar surface area (TPSA) is 106 Å². The molecule has 0 spiro atoms. The fraction of sp³-hybridized carbons (Fsp3) is 0.276. The molecular weight excluding hydrogens is 546 g/mol. The van der Waals surface area contributed by atoms with Gasteiger partial charge in [0.15, 0.2) is 11.0 Å². The molecule has 1 amide bonds. The Hall–Kier alpha value is -3.51. The minimum Gasteiger partial charge on any atom is -0.379 e. The lowest BCUT2D eigenvalue weighted by molar-refractivity contribution is -0.113. The summed E-state index contributed by atoms with van der Waals surface area (Å²) in [6.45, 7) is 5.79. The lowest BCUT2D eigenvalue weighted by atomic mass is 10.1. The van der Waals surface area contributed by atoms with Gasteiger partial charge in [0.1, 0.15) is 0 Å². The summed E-state index contributed by atoms with van der Waals surface area (Å²) in [4.78, 5) is 13.1. The third kappa shape index (κ3) is 6.28. The molecule has 1 aromatic heterocycles. The molecule has 3 aromatic carbocycles. The maximum atomic E-state index is 13.3. The van der Waals surface area contributed by atoms with Gasteiger partial charge in [0.25, 0.3) is 0 Å². The summed E-state index contributed by atoms with van der Waals surface area (Å²) < 4.78 is 35.3. The van der Waals surface area contributed by atoms with Crippen molar-refractivity contribution in [1.82, 2.24) is 19.1 Å². The van der Waals surface area contributed by atoms with E-state index in [4.69, 9.17) is 4.74 Å². The summed E-state index contributed by atoms with van der Waals surface area (Å²) in [5.74, 6) is 0.531. The number of benzene rings is 3. The van der Waals surface area contributed by atoms with Crippen LogP contribution in [0.5, 0.6) is 0 Å². The number of thioether (sulfide) groups is 1. The van der Waals surface area contributed by atoms with E-state index < -0.39 is 10.0 Å². The molecule has 40 heavy (non-hydrogen) atoms. The number of aryl methyl sites for hydroxylation is 2. The van der Waals surface area contributed by atoms with Gasteiger partial charge in [-0.15, -0.1) is 10.2 Å². The van der Waals surface area contributed by atoms with Gasteiger partial charge in [0, 0.05) is 24.3 Å². The van der Waals surface area contributed by atoms with Crippen molar-refractivity contribution in [2.45, 2.75) is 30.4 Å². The summed E-state index contributed by atoms with van der Waals surface area (Å²) in [5.41, 5.74) is 4.48. The summed E-state index contributed by atoms with van der Waals surface area (Å²) in [6.07, 6.45) is 0. The molecule has 0 bridgehead atoms. The van der Waals surface area contributed by atoms with Crippen LogP contribution in [0.3, 0.4) is 0 Å². The number of morpholine rings is 1. The molecule has 1 aliphatic heterocycles. The number of nitrogens with one attached hydrogen (secondary N) is 1. The van der Waals surface area contributed by atoms with Crippen LogP contribution in [0.25, 0.3) is 11.4 Å². The molecule has 0 saturated carbocycles. The number of sulfonamides is 1. The number of hydrogen-bond donors (Lipinski definition) is 1. The zero-order chi connectivity index (χ0) is 28.1. The second-order valence-electron chi connectivity index (χ2n) is 9.53. The highest BCUT2D eigenvalue weighted by atomic mass is 32.2. The van der Waals surface area contributed by atoms with E-state index in [1.54, 1.807) is 18.2 Å². The lowest BCUT2D eigenvalue weighted by Gasteiger charge is -2.26. The first-order chi connectivity index (χ1) is 19.3. The molecule has 0 unspecified atom stereocenters. The van der Waals surface area contributed by atoms with Crippen molar-refractivity contribution in [3.05, 3.63) is 89.5 Å². The Balaban J connectivity index is 1.42. The molecule has 1 fully saturated rings. The quantitative estimate of drug-likeness (QED) is 0.295. The summed E-state index contributed by atoms with van der Waals surface area (Å²) in [7, 11) is -3.68. The fourth-order valence-electron chi connectivity index (χ4n) is 4.57. The predicted octanol–water partition coefficient (Wildman–Crippen LogP) is 4.36. The molecular formula is C29H31N5O4S2. The standard InChI is InChI=1S/C29H31N5O4S2/c1-21-8-6-9-22(2)27(21)30-26(35)20-39-29-32-31-28(34(29)19-23-10-4-3-5-11-23)24-12-7-13-25(18-24)40(36,37)33-14-16-38-17-15-33/h3-13,18H,14-17,19-20H2,1-2H3,(H,30,35). The number of para-hydroxylation sites is 1. The van der Waals surface area contributed by atoms with E-state index in [1.165, 1.54) is 16.1 Å². The summed E-state index contributed by atoms with van der Waals surface area (Å²) in [6, 6.07) is 22.5. The van der Waals surface area contributed by atoms with E-state index >= 15 is 0 Å². The van der Waals surface area contributed by atoms with Gasteiger partial charge in [-0.2, -0.15) is 4.31 Å². The fourth-order valence-corrected chi connectivity index (χ4v) is 6.76. The average molecular weight is 578 g/mol. The van der Waals surface area contributed by atoms with Crippen LogP contribution in [0.4, 0.5) is 5.69 Å². The molecule has 4 aromatic rings. The maximum Gasteiger partial charge on any atom is 0.243 e. The number of carbonyl (C=O) groups excluding carboxylic acids is 1. The van der Waals surface area contributed by atoms with E-state index in [0.717, 1.165) is 22.4 Å². The maximum absolute atomic E-state index is 13.3. The van der Waals surface area contributed by atoms with Crippen LogP contribution in [-0.2, 0) is 26.1 Å². The average Bonchev–Trinajstić information content (AvgIpc) is 3.37. The number of aromatic nitrogens is 3. The molecule has 0 radical (unpaired) electrons. The van der Waals surface area contributed by atoms with Crippen molar-refractivity contribution < 1.29 is 17.9 Å². The van der Waals surface area contributed by atoms with Crippen LogP contribution in [-0.4, -0.2) is 65.5 Å². The molecule has 0 aliphatic carbocycles. The zero-order valence-corrected chi connectivity index (χ0v) is 24.0. The Kier molecular flexibility index (Phi) is 8.65. The molecule has 1 aliphatic rings. The number of anilines is 1. The Morgan fingerprint density at radius 2 is 1.65 bits per heavy atom. The number of amides is 1. The molecule has 5 rings (SSSR count). The second kappa shape index (κ2) is 12.3. The number of ether oxygens (including phenoxy) is 1. The Labute approximate surface area is 238 Å². The highest BCUT2D eigenvalue weighted by molar-refractivity contribution is 7.99. The van der Waals surface area contributed by atoms with E-state index in [0.29, 0.717) is 49.4 Å². The first-order valence-electron chi connectivity index (χ1n) is 13.0. The largest absolute Gasteiger partial charge is 0.379 e. The molecule has 1 saturated heterocycles. The van der Waals surface area contributed by atoms with Crippen LogP contribution in [0, 0.1) is 13.8 Å². The second-order valence-corrected chi connectivity index (χ2v) is 12.4. The number of hydrogen-bond acceptors (Lipinski definition) is 7. The van der Waals surface area contributed by atoms with Gasteiger partial charge in [0.05, 0.1) is 30.4 Å². The molecule has 2 heterocycles. The van der Waals surface area contributed by atoms with Crippen molar-refractivity contribution in [3.63, 3.8) is 0 Å². The number of carbonyl (C=O) groups is 1.